The van der Waals surface area contributed by atoms with E-state index in [1.165, 1.54) is 0 Å². The molecule has 102 valence electrons. The van der Waals surface area contributed by atoms with E-state index in [2.05, 4.69) is 11.8 Å². The Morgan fingerprint density at radius 2 is 1.83 bits per heavy atom. The molecule has 1 N–H and O–H groups in total. The van der Waals surface area contributed by atoms with Crippen LogP contribution in [0.5, 0.6) is 5.75 Å². The first-order chi connectivity index (χ1) is 8.76. The van der Waals surface area contributed by atoms with Crippen LogP contribution in [0.25, 0.3) is 0 Å². The van der Waals surface area contributed by atoms with Crippen molar-refractivity contribution in [3.05, 3.63) is 29.3 Å². The lowest BCUT2D eigenvalue weighted by molar-refractivity contribution is 0.213. The summed E-state index contributed by atoms with van der Waals surface area (Å²) in [6.07, 6.45) is 1.83. The van der Waals surface area contributed by atoms with Crippen molar-refractivity contribution >= 4 is 11.6 Å². The number of rotatable bonds is 9. The van der Waals surface area contributed by atoms with Crippen molar-refractivity contribution in [3.8, 4) is 5.75 Å². The molecule has 0 saturated heterocycles. The van der Waals surface area contributed by atoms with Gasteiger partial charge in [0.2, 0.25) is 0 Å². The number of aliphatic hydroxyl groups is 1. The van der Waals surface area contributed by atoms with Gasteiger partial charge in [0.05, 0.1) is 6.61 Å². The van der Waals surface area contributed by atoms with Crippen molar-refractivity contribution in [3.63, 3.8) is 0 Å². The minimum atomic E-state index is 0.262. The normalized spacial score (nSPS) is 10.9. The van der Waals surface area contributed by atoms with Crippen LogP contribution < -0.4 is 4.74 Å². The first-order valence-corrected chi connectivity index (χ1v) is 6.85. The summed E-state index contributed by atoms with van der Waals surface area (Å²) >= 11 is 5.80. The molecule has 0 unspecified atom stereocenters. The average Bonchev–Trinajstić information content (AvgIpc) is 2.40. The average molecular weight is 272 g/mol. The second-order valence-corrected chi connectivity index (χ2v) is 4.60. The third-order valence-corrected chi connectivity index (χ3v) is 3.03. The zero-order chi connectivity index (χ0) is 13.2. The van der Waals surface area contributed by atoms with Gasteiger partial charge in [0.15, 0.2) is 0 Å². The van der Waals surface area contributed by atoms with Crippen LogP contribution in [0.3, 0.4) is 0 Å². The van der Waals surface area contributed by atoms with Crippen LogP contribution in [0, 0.1) is 0 Å². The Morgan fingerprint density at radius 1 is 1.17 bits per heavy atom. The lowest BCUT2D eigenvalue weighted by atomic mass is 10.3. The zero-order valence-corrected chi connectivity index (χ0v) is 11.7. The molecule has 0 heterocycles. The SMILES string of the molecule is CCN(CCCO)CCCOc1ccc(Cl)cc1. The summed E-state index contributed by atoms with van der Waals surface area (Å²) < 4.78 is 5.63. The summed E-state index contributed by atoms with van der Waals surface area (Å²) in [6.45, 7) is 6.07. The topological polar surface area (TPSA) is 32.7 Å². The van der Waals surface area contributed by atoms with Crippen molar-refractivity contribution in [2.24, 2.45) is 0 Å². The lowest BCUT2D eigenvalue weighted by Crippen LogP contribution is -2.27. The molecule has 0 saturated carbocycles. The molecule has 18 heavy (non-hydrogen) atoms. The van der Waals surface area contributed by atoms with Gasteiger partial charge in [-0.15, -0.1) is 0 Å². The molecule has 0 radical (unpaired) electrons. The molecule has 0 aliphatic carbocycles. The molecular formula is C14H22ClNO2. The van der Waals surface area contributed by atoms with Gasteiger partial charge < -0.3 is 14.7 Å². The van der Waals surface area contributed by atoms with Crippen molar-refractivity contribution in [1.82, 2.24) is 4.90 Å². The first kappa shape index (κ1) is 15.3. The van der Waals surface area contributed by atoms with Gasteiger partial charge in [-0.05, 0) is 43.7 Å². The van der Waals surface area contributed by atoms with Crippen molar-refractivity contribution in [1.29, 1.82) is 0 Å². The summed E-state index contributed by atoms with van der Waals surface area (Å²) in [5, 5.41) is 9.52. The smallest absolute Gasteiger partial charge is 0.119 e. The van der Waals surface area contributed by atoms with Crippen molar-refractivity contribution in [2.45, 2.75) is 19.8 Å². The standard InChI is InChI=1S/C14H22ClNO2/c1-2-16(9-3-11-17)10-4-12-18-14-7-5-13(15)6-8-14/h5-8,17H,2-4,9-12H2,1H3. The van der Waals surface area contributed by atoms with E-state index in [1.807, 2.05) is 24.3 Å². The van der Waals surface area contributed by atoms with E-state index < -0.39 is 0 Å². The van der Waals surface area contributed by atoms with Gasteiger partial charge in [0, 0.05) is 24.7 Å². The van der Waals surface area contributed by atoms with Gasteiger partial charge in [0.1, 0.15) is 5.75 Å². The minimum Gasteiger partial charge on any atom is -0.494 e. The van der Waals surface area contributed by atoms with Crippen molar-refractivity contribution in [2.75, 3.05) is 32.8 Å². The highest BCUT2D eigenvalue weighted by atomic mass is 35.5. The number of aliphatic hydroxyl groups excluding tert-OH is 1. The summed E-state index contributed by atoms with van der Waals surface area (Å²) in [7, 11) is 0. The molecule has 4 heteroatoms. The largest absolute Gasteiger partial charge is 0.494 e. The molecule has 0 aliphatic rings. The summed E-state index contributed by atoms with van der Waals surface area (Å²) in [5.74, 6) is 0.859. The molecule has 0 atom stereocenters. The van der Waals surface area contributed by atoms with Crippen LogP contribution in [-0.2, 0) is 0 Å². The van der Waals surface area contributed by atoms with E-state index in [1.54, 1.807) is 0 Å². The third-order valence-electron chi connectivity index (χ3n) is 2.78. The number of ether oxygens (including phenoxy) is 1. The zero-order valence-electron chi connectivity index (χ0n) is 10.9. The van der Waals surface area contributed by atoms with Crippen LogP contribution in [-0.4, -0.2) is 42.9 Å². The van der Waals surface area contributed by atoms with Gasteiger partial charge in [-0.3, -0.25) is 0 Å². The van der Waals surface area contributed by atoms with Crippen LogP contribution in [0.4, 0.5) is 0 Å². The Kier molecular flexibility index (Phi) is 7.81. The molecule has 1 aromatic carbocycles. The first-order valence-electron chi connectivity index (χ1n) is 6.48. The Balaban J connectivity index is 2.15. The van der Waals surface area contributed by atoms with Crippen LogP contribution >= 0.6 is 11.6 Å². The van der Waals surface area contributed by atoms with E-state index in [0.29, 0.717) is 6.61 Å². The monoisotopic (exact) mass is 271 g/mol. The van der Waals surface area contributed by atoms with E-state index in [-0.39, 0.29) is 6.61 Å². The fraction of sp³-hybridized carbons (Fsp3) is 0.571. The van der Waals surface area contributed by atoms with Crippen LogP contribution in [0.1, 0.15) is 19.8 Å². The Labute approximate surface area is 114 Å². The molecular weight excluding hydrogens is 250 g/mol. The molecule has 1 aromatic rings. The fourth-order valence-electron chi connectivity index (χ4n) is 1.73. The lowest BCUT2D eigenvalue weighted by Gasteiger charge is -2.19. The predicted octanol–water partition coefficient (Wildman–Crippen LogP) is 2.81. The van der Waals surface area contributed by atoms with E-state index >= 15 is 0 Å². The number of halogens is 1. The van der Waals surface area contributed by atoms with Gasteiger partial charge >= 0.3 is 0 Å². The quantitative estimate of drug-likeness (QED) is 0.701. The number of nitrogens with zero attached hydrogens (tertiary/aromatic N) is 1. The molecule has 0 spiro atoms. The van der Waals surface area contributed by atoms with Gasteiger partial charge in [-0.2, -0.15) is 0 Å². The van der Waals surface area contributed by atoms with E-state index in [0.717, 1.165) is 43.2 Å². The number of hydrogen-bond acceptors (Lipinski definition) is 3. The maximum atomic E-state index is 8.79. The van der Waals surface area contributed by atoms with Gasteiger partial charge in [0.25, 0.3) is 0 Å². The van der Waals surface area contributed by atoms with Crippen LogP contribution in [0.2, 0.25) is 5.02 Å². The molecule has 3 nitrogen and oxygen atoms in total. The summed E-state index contributed by atoms with van der Waals surface area (Å²) in [4.78, 5) is 2.32. The Hall–Kier alpha value is -0.770. The summed E-state index contributed by atoms with van der Waals surface area (Å²) in [6, 6.07) is 7.42. The number of hydrogen-bond donors (Lipinski definition) is 1. The molecule has 0 amide bonds. The highest BCUT2D eigenvalue weighted by Gasteiger charge is 2.01. The maximum absolute atomic E-state index is 8.79. The number of benzene rings is 1. The van der Waals surface area contributed by atoms with E-state index in [4.69, 9.17) is 21.4 Å². The molecule has 1 rings (SSSR count). The van der Waals surface area contributed by atoms with Gasteiger partial charge in [-0.1, -0.05) is 18.5 Å². The van der Waals surface area contributed by atoms with E-state index in [9.17, 15) is 0 Å². The second-order valence-electron chi connectivity index (χ2n) is 4.17. The maximum Gasteiger partial charge on any atom is 0.119 e. The minimum absolute atomic E-state index is 0.262. The second kappa shape index (κ2) is 9.20. The fourth-order valence-corrected chi connectivity index (χ4v) is 1.86. The third kappa shape index (κ3) is 6.24. The highest BCUT2D eigenvalue weighted by Crippen LogP contribution is 2.15. The molecule has 0 bridgehead atoms. The molecule has 0 fully saturated rings. The van der Waals surface area contributed by atoms with Crippen molar-refractivity contribution < 1.29 is 9.84 Å². The molecule has 0 aromatic heterocycles. The predicted molar refractivity (Wildman–Crippen MR) is 75.4 cm³/mol. The highest BCUT2D eigenvalue weighted by molar-refractivity contribution is 6.30. The Bertz CT molecular complexity index is 316. The summed E-state index contributed by atoms with van der Waals surface area (Å²) in [5.41, 5.74) is 0. The Morgan fingerprint density at radius 3 is 2.44 bits per heavy atom. The molecule has 0 aliphatic heterocycles. The van der Waals surface area contributed by atoms with Gasteiger partial charge in [-0.25, -0.2) is 0 Å². The van der Waals surface area contributed by atoms with Crippen LogP contribution in [0.15, 0.2) is 24.3 Å².